The van der Waals surface area contributed by atoms with Crippen LogP contribution in [0.5, 0.6) is 0 Å². The first-order valence-electron chi connectivity index (χ1n) is 10.7. The largest absolute Gasteiger partial charge is 0.456 e. The Morgan fingerprint density at radius 2 is 1.71 bits per heavy atom. The van der Waals surface area contributed by atoms with Gasteiger partial charge in [0.05, 0.1) is 17.5 Å². The van der Waals surface area contributed by atoms with Crippen molar-refractivity contribution in [2.24, 2.45) is 7.05 Å². The zero-order valence-corrected chi connectivity index (χ0v) is 18.6. The molecule has 2 heterocycles. The Bertz CT molecular complexity index is 1550. The van der Waals surface area contributed by atoms with Gasteiger partial charge in [-0.15, -0.1) is 0 Å². The zero-order chi connectivity index (χ0) is 21.9. The summed E-state index contributed by atoms with van der Waals surface area (Å²) in [5.74, 6) is 0.487. The molecule has 2 aromatic heterocycles. The molecule has 0 radical (unpaired) electrons. The summed E-state index contributed by atoms with van der Waals surface area (Å²) in [5, 5.41) is 4.60. The fourth-order valence-electron chi connectivity index (χ4n) is 4.54. The molecule has 31 heavy (non-hydrogen) atoms. The van der Waals surface area contributed by atoms with Crippen LogP contribution in [-0.2, 0) is 7.05 Å². The number of furan rings is 1. The molecule has 0 aliphatic heterocycles. The standard InChI is InChI=1S/C28H25N2O/c1-16(2)19-7-9-22-20(14-19)11-12-30(6)27(22)26-18(4)17(3)13-24-23-10-8-21(29-5)15-25(23)31-28(24)26/h7-16H,1-4,6H3/q+1. The average molecular weight is 406 g/mol. The van der Waals surface area contributed by atoms with E-state index in [9.17, 15) is 0 Å². The Morgan fingerprint density at radius 1 is 0.935 bits per heavy atom. The Balaban J connectivity index is 1.92. The number of nitrogens with zero attached hydrogens (tertiary/aromatic N) is 2. The van der Waals surface area contributed by atoms with Crippen molar-refractivity contribution in [2.75, 3.05) is 0 Å². The van der Waals surface area contributed by atoms with Gasteiger partial charge in [0.1, 0.15) is 18.2 Å². The van der Waals surface area contributed by atoms with Crippen molar-refractivity contribution in [3.05, 3.63) is 82.8 Å². The van der Waals surface area contributed by atoms with Gasteiger partial charge in [0.25, 0.3) is 0 Å². The van der Waals surface area contributed by atoms with E-state index in [1.54, 1.807) is 0 Å². The summed E-state index contributed by atoms with van der Waals surface area (Å²) in [6.07, 6.45) is 2.13. The van der Waals surface area contributed by atoms with Crippen LogP contribution in [0, 0.1) is 20.4 Å². The van der Waals surface area contributed by atoms with Crippen molar-refractivity contribution >= 4 is 38.4 Å². The molecule has 0 aliphatic carbocycles. The predicted octanol–water partition coefficient (Wildman–Crippen LogP) is 7.52. The van der Waals surface area contributed by atoms with Gasteiger partial charge in [0.15, 0.2) is 11.9 Å². The van der Waals surface area contributed by atoms with E-state index in [2.05, 4.69) is 80.7 Å². The molecule has 0 amide bonds. The maximum absolute atomic E-state index is 7.34. The molecule has 5 rings (SSSR count). The van der Waals surface area contributed by atoms with E-state index in [-0.39, 0.29) is 0 Å². The maximum atomic E-state index is 7.34. The van der Waals surface area contributed by atoms with Crippen molar-refractivity contribution in [1.29, 1.82) is 0 Å². The summed E-state index contributed by atoms with van der Waals surface area (Å²) in [7, 11) is 2.10. The van der Waals surface area contributed by atoms with Crippen LogP contribution < -0.4 is 4.57 Å². The van der Waals surface area contributed by atoms with Gasteiger partial charge in [-0.25, -0.2) is 9.41 Å². The first-order valence-corrected chi connectivity index (χ1v) is 10.7. The molecule has 3 aromatic carbocycles. The highest BCUT2D eigenvalue weighted by Gasteiger charge is 2.24. The molecule has 0 bridgehead atoms. The number of rotatable bonds is 2. The average Bonchev–Trinajstić information content (AvgIpc) is 3.12. The molecule has 0 aliphatic rings. The second-order valence-corrected chi connectivity index (χ2v) is 8.74. The number of pyridine rings is 1. The summed E-state index contributed by atoms with van der Waals surface area (Å²) < 4.78 is 8.62. The van der Waals surface area contributed by atoms with Crippen LogP contribution in [0.15, 0.2) is 59.1 Å². The summed E-state index contributed by atoms with van der Waals surface area (Å²) >= 11 is 0. The van der Waals surface area contributed by atoms with Crippen molar-refractivity contribution < 1.29 is 8.98 Å². The monoisotopic (exact) mass is 405 g/mol. The maximum Gasteiger partial charge on any atom is 0.224 e. The molecular formula is C28H25N2O+. The first kappa shape index (κ1) is 19.3. The smallest absolute Gasteiger partial charge is 0.224 e. The third-order valence-corrected chi connectivity index (χ3v) is 6.46. The summed E-state index contributed by atoms with van der Waals surface area (Å²) in [5.41, 5.74) is 8.32. The molecule has 5 aromatic rings. The van der Waals surface area contributed by atoms with Crippen LogP contribution in [0.3, 0.4) is 0 Å². The molecule has 0 fully saturated rings. The minimum absolute atomic E-state index is 0.487. The number of benzene rings is 3. The predicted molar refractivity (Wildman–Crippen MR) is 128 cm³/mol. The van der Waals surface area contributed by atoms with Crippen LogP contribution in [-0.4, -0.2) is 0 Å². The molecule has 152 valence electrons. The summed E-state index contributed by atoms with van der Waals surface area (Å²) in [6.45, 7) is 16.1. The highest BCUT2D eigenvalue weighted by Crippen LogP contribution is 2.41. The second-order valence-electron chi connectivity index (χ2n) is 8.74. The van der Waals surface area contributed by atoms with Crippen molar-refractivity contribution in [1.82, 2.24) is 0 Å². The number of fused-ring (bicyclic) bond motifs is 4. The van der Waals surface area contributed by atoms with Crippen LogP contribution in [0.4, 0.5) is 5.69 Å². The zero-order valence-electron chi connectivity index (χ0n) is 18.6. The highest BCUT2D eigenvalue weighted by molar-refractivity contribution is 6.12. The molecule has 0 N–H and O–H groups in total. The van der Waals surface area contributed by atoms with Crippen molar-refractivity contribution in [2.45, 2.75) is 33.6 Å². The summed E-state index contributed by atoms with van der Waals surface area (Å²) in [4.78, 5) is 3.57. The van der Waals surface area contributed by atoms with E-state index in [1.165, 1.54) is 27.5 Å². The van der Waals surface area contributed by atoms with E-state index in [1.807, 2.05) is 18.2 Å². The van der Waals surface area contributed by atoms with E-state index in [0.717, 1.165) is 33.2 Å². The van der Waals surface area contributed by atoms with Gasteiger partial charge in [-0.2, -0.15) is 0 Å². The Hall–Kier alpha value is -3.64. The van der Waals surface area contributed by atoms with Gasteiger partial charge >= 0.3 is 0 Å². The van der Waals surface area contributed by atoms with E-state index in [4.69, 9.17) is 11.0 Å². The van der Waals surface area contributed by atoms with Gasteiger partial charge in [0, 0.05) is 16.8 Å². The molecule has 0 saturated carbocycles. The minimum atomic E-state index is 0.487. The SMILES string of the molecule is [C-]#[N+]c1ccc2c(c1)oc1c(-c3c4ccc(C(C)C)cc4cc[n+]3C)c(C)c(C)cc12. The van der Waals surface area contributed by atoms with Crippen molar-refractivity contribution in [3.63, 3.8) is 0 Å². The normalized spacial score (nSPS) is 11.6. The first-order chi connectivity index (χ1) is 14.9. The Morgan fingerprint density at radius 3 is 2.45 bits per heavy atom. The van der Waals surface area contributed by atoms with Crippen LogP contribution >= 0.6 is 0 Å². The minimum Gasteiger partial charge on any atom is -0.456 e. The van der Waals surface area contributed by atoms with Gasteiger partial charge in [-0.3, -0.25) is 0 Å². The van der Waals surface area contributed by atoms with E-state index < -0.39 is 0 Å². The molecule has 3 heteroatoms. The van der Waals surface area contributed by atoms with Gasteiger partial charge in [0.2, 0.25) is 5.69 Å². The van der Waals surface area contributed by atoms with Crippen LogP contribution in [0.1, 0.15) is 36.5 Å². The van der Waals surface area contributed by atoms with Crippen LogP contribution in [0.25, 0.3) is 48.8 Å². The number of aromatic nitrogens is 1. The van der Waals surface area contributed by atoms with Gasteiger partial charge in [-0.05, 0) is 60.0 Å². The molecule has 0 atom stereocenters. The third kappa shape index (κ3) is 2.91. The lowest BCUT2D eigenvalue weighted by atomic mass is 9.92. The fraction of sp³-hybridized carbons (Fsp3) is 0.214. The van der Waals surface area contributed by atoms with Crippen LogP contribution in [0.2, 0.25) is 0 Å². The molecule has 3 nitrogen and oxygen atoms in total. The Labute approximate surface area is 182 Å². The molecule has 0 spiro atoms. The summed E-state index contributed by atoms with van der Waals surface area (Å²) in [6, 6.07) is 16.9. The molecular weight excluding hydrogens is 380 g/mol. The number of hydrogen-bond donors (Lipinski definition) is 0. The molecule has 0 saturated heterocycles. The lowest BCUT2D eigenvalue weighted by molar-refractivity contribution is -0.659. The third-order valence-electron chi connectivity index (χ3n) is 6.46. The fourth-order valence-corrected chi connectivity index (χ4v) is 4.54. The molecule has 0 unspecified atom stereocenters. The Kier molecular flexibility index (Phi) is 4.34. The quantitative estimate of drug-likeness (QED) is 0.220. The van der Waals surface area contributed by atoms with E-state index >= 15 is 0 Å². The van der Waals surface area contributed by atoms with Crippen molar-refractivity contribution in [3.8, 4) is 11.3 Å². The number of aryl methyl sites for hydroxylation is 2. The lowest BCUT2D eigenvalue weighted by Gasteiger charge is -2.12. The van der Waals surface area contributed by atoms with Gasteiger partial charge in [-0.1, -0.05) is 38.1 Å². The number of hydrogen-bond acceptors (Lipinski definition) is 1. The highest BCUT2D eigenvalue weighted by atomic mass is 16.3. The second kappa shape index (κ2) is 6.96. The van der Waals surface area contributed by atoms with Gasteiger partial charge < -0.3 is 4.42 Å². The lowest BCUT2D eigenvalue weighted by Crippen LogP contribution is -2.31. The van der Waals surface area contributed by atoms with E-state index in [0.29, 0.717) is 11.6 Å². The topological polar surface area (TPSA) is 21.4 Å².